The van der Waals surface area contributed by atoms with Gasteiger partial charge in [-0.3, -0.25) is 4.79 Å². The van der Waals surface area contributed by atoms with Crippen molar-refractivity contribution in [3.63, 3.8) is 0 Å². The summed E-state index contributed by atoms with van der Waals surface area (Å²) in [5, 5.41) is 6.21. The Kier molecular flexibility index (Phi) is 7.60. The number of benzene rings is 2. The van der Waals surface area contributed by atoms with Gasteiger partial charge in [-0.15, -0.1) is 0 Å². The Labute approximate surface area is 155 Å². The standard InChI is InChI=1S/C21H28FN3O/c1-4-25(5-2)13-12-23-21(26)17-7-10-20(11-8-17)24-15-18-14-19(22)9-6-16(18)3/h6-11,14,24H,4-5,12-13,15H2,1-3H3,(H,23,26). The molecule has 0 radical (unpaired) electrons. The van der Waals surface area contributed by atoms with Gasteiger partial charge < -0.3 is 15.5 Å². The zero-order chi connectivity index (χ0) is 18.9. The Morgan fingerprint density at radius 2 is 1.77 bits per heavy atom. The number of carbonyl (C=O) groups excluding carboxylic acids is 1. The lowest BCUT2D eigenvalue weighted by Crippen LogP contribution is -2.34. The van der Waals surface area contributed by atoms with Gasteiger partial charge in [0.05, 0.1) is 0 Å². The maximum absolute atomic E-state index is 13.3. The molecule has 2 rings (SSSR count). The largest absolute Gasteiger partial charge is 0.381 e. The van der Waals surface area contributed by atoms with Crippen LogP contribution in [0.25, 0.3) is 0 Å². The van der Waals surface area contributed by atoms with Gasteiger partial charge in [-0.2, -0.15) is 0 Å². The molecule has 2 aromatic rings. The minimum absolute atomic E-state index is 0.0651. The van der Waals surface area contributed by atoms with E-state index < -0.39 is 0 Å². The van der Waals surface area contributed by atoms with E-state index in [1.165, 1.54) is 6.07 Å². The quantitative estimate of drug-likeness (QED) is 0.717. The van der Waals surface area contributed by atoms with Gasteiger partial charge >= 0.3 is 0 Å². The van der Waals surface area contributed by atoms with Gasteiger partial charge in [-0.25, -0.2) is 4.39 Å². The van der Waals surface area contributed by atoms with E-state index in [9.17, 15) is 9.18 Å². The molecule has 0 heterocycles. The van der Waals surface area contributed by atoms with E-state index in [4.69, 9.17) is 0 Å². The Morgan fingerprint density at radius 1 is 1.08 bits per heavy atom. The van der Waals surface area contributed by atoms with E-state index in [1.54, 1.807) is 24.3 Å². The summed E-state index contributed by atoms with van der Waals surface area (Å²) in [6.45, 7) is 10.2. The van der Waals surface area contributed by atoms with Gasteiger partial charge in [0.25, 0.3) is 5.91 Å². The van der Waals surface area contributed by atoms with Gasteiger partial charge in [0.15, 0.2) is 0 Å². The van der Waals surface area contributed by atoms with Crippen LogP contribution < -0.4 is 10.6 Å². The van der Waals surface area contributed by atoms with Gasteiger partial charge in [0.2, 0.25) is 0 Å². The Bertz CT molecular complexity index is 712. The average Bonchev–Trinajstić information content (AvgIpc) is 2.66. The van der Waals surface area contributed by atoms with E-state index in [0.717, 1.165) is 36.4 Å². The fourth-order valence-electron chi connectivity index (χ4n) is 2.74. The summed E-state index contributed by atoms with van der Waals surface area (Å²) in [6, 6.07) is 12.1. The SMILES string of the molecule is CCN(CC)CCNC(=O)c1ccc(NCc2cc(F)ccc2C)cc1. The molecule has 1 amide bonds. The fraction of sp³-hybridized carbons (Fsp3) is 0.381. The Hall–Kier alpha value is -2.40. The van der Waals surface area contributed by atoms with Crippen LogP contribution in [0, 0.1) is 12.7 Å². The van der Waals surface area contributed by atoms with E-state index in [1.807, 2.05) is 19.1 Å². The number of likely N-dealkylation sites (N-methyl/N-ethyl adjacent to an activating group) is 1. The number of carbonyl (C=O) groups is 1. The van der Waals surface area contributed by atoms with Crippen molar-refractivity contribution in [2.24, 2.45) is 0 Å². The highest BCUT2D eigenvalue weighted by atomic mass is 19.1. The van der Waals surface area contributed by atoms with Crippen LogP contribution in [0.1, 0.15) is 35.3 Å². The first kappa shape index (κ1) is 19.9. The second-order valence-electron chi connectivity index (χ2n) is 6.28. The minimum atomic E-state index is -0.232. The predicted molar refractivity (Wildman–Crippen MR) is 105 cm³/mol. The average molecular weight is 357 g/mol. The predicted octanol–water partition coefficient (Wildman–Crippen LogP) is 3.82. The number of nitrogens with one attached hydrogen (secondary N) is 2. The van der Waals surface area contributed by atoms with Gasteiger partial charge in [-0.05, 0) is 67.5 Å². The first-order chi connectivity index (χ1) is 12.5. The highest BCUT2D eigenvalue weighted by Crippen LogP contribution is 2.14. The first-order valence-corrected chi connectivity index (χ1v) is 9.13. The summed E-state index contributed by atoms with van der Waals surface area (Å²) in [6.07, 6.45) is 0. The summed E-state index contributed by atoms with van der Waals surface area (Å²) in [5.41, 5.74) is 3.50. The van der Waals surface area contributed by atoms with Crippen molar-refractivity contribution in [1.29, 1.82) is 0 Å². The third-order valence-corrected chi connectivity index (χ3v) is 4.55. The van der Waals surface area contributed by atoms with Crippen molar-refractivity contribution in [1.82, 2.24) is 10.2 Å². The van der Waals surface area contributed by atoms with Gasteiger partial charge in [-0.1, -0.05) is 19.9 Å². The molecule has 0 aliphatic rings. The Balaban J connectivity index is 1.85. The highest BCUT2D eigenvalue weighted by molar-refractivity contribution is 5.94. The first-order valence-electron chi connectivity index (χ1n) is 9.13. The van der Waals surface area contributed by atoms with Crippen LogP contribution >= 0.6 is 0 Å². The molecule has 0 saturated carbocycles. The van der Waals surface area contributed by atoms with E-state index in [0.29, 0.717) is 18.7 Å². The van der Waals surface area contributed by atoms with Gasteiger partial charge in [0.1, 0.15) is 5.82 Å². The van der Waals surface area contributed by atoms with Crippen LogP contribution in [0.4, 0.5) is 10.1 Å². The fourth-order valence-corrected chi connectivity index (χ4v) is 2.74. The summed E-state index contributed by atoms with van der Waals surface area (Å²) < 4.78 is 13.3. The highest BCUT2D eigenvalue weighted by Gasteiger charge is 2.06. The van der Waals surface area contributed by atoms with Crippen LogP contribution in [0.15, 0.2) is 42.5 Å². The normalized spacial score (nSPS) is 10.8. The number of aryl methyl sites for hydroxylation is 1. The molecule has 0 aliphatic carbocycles. The molecule has 0 saturated heterocycles. The molecule has 0 bridgehead atoms. The monoisotopic (exact) mass is 357 g/mol. The number of rotatable bonds is 9. The number of hydrogen-bond donors (Lipinski definition) is 2. The van der Waals surface area contributed by atoms with Crippen molar-refractivity contribution < 1.29 is 9.18 Å². The molecule has 2 aromatic carbocycles. The zero-order valence-electron chi connectivity index (χ0n) is 15.8. The van der Waals surface area contributed by atoms with Crippen LogP contribution in [-0.4, -0.2) is 37.0 Å². The summed E-state index contributed by atoms with van der Waals surface area (Å²) >= 11 is 0. The number of nitrogens with zero attached hydrogens (tertiary/aromatic N) is 1. The second-order valence-corrected chi connectivity index (χ2v) is 6.28. The van der Waals surface area contributed by atoms with Crippen molar-refractivity contribution >= 4 is 11.6 Å². The minimum Gasteiger partial charge on any atom is -0.381 e. The third-order valence-electron chi connectivity index (χ3n) is 4.55. The number of hydrogen-bond acceptors (Lipinski definition) is 3. The van der Waals surface area contributed by atoms with Gasteiger partial charge in [0, 0.05) is 30.9 Å². The maximum atomic E-state index is 13.3. The van der Waals surface area contributed by atoms with Crippen LogP contribution in [0.5, 0.6) is 0 Å². The van der Waals surface area contributed by atoms with Crippen LogP contribution in [0.3, 0.4) is 0 Å². The molecule has 5 heteroatoms. The molecule has 140 valence electrons. The summed E-state index contributed by atoms with van der Waals surface area (Å²) in [7, 11) is 0. The zero-order valence-corrected chi connectivity index (χ0v) is 15.8. The molecule has 0 atom stereocenters. The summed E-state index contributed by atoms with van der Waals surface area (Å²) in [4.78, 5) is 14.4. The smallest absolute Gasteiger partial charge is 0.251 e. The topological polar surface area (TPSA) is 44.4 Å². The molecule has 0 aromatic heterocycles. The summed E-state index contributed by atoms with van der Waals surface area (Å²) in [5.74, 6) is -0.297. The number of halogens is 1. The molecule has 0 aliphatic heterocycles. The van der Waals surface area contributed by atoms with E-state index >= 15 is 0 Å². The molecule has 2 N–H and O–H groups in total. The number of amides is 1. The molecule has 26 heavy (non-hydrogen) atoms. The van der Waals surface area contributed by atoms with Crippen molar-refractivity contribution in [3.05, 3.63) is 65.0 Å². The lowest BCUT2D eigenvalue weighted by molar-refractivity contribution is 0.0949. The third kappa shape index (κ3) is 5.85. The maximum Gasteiger partial charge on any atom is 0.251 e. The number of anilines is 1. The molecule has 0 spiro atoms. The van der Waals surface area contributed by atoms with Crippen molar-refractivity contribution in [3.8, 4) is 0 Å². The molecular formula is C21H28FN3O. The molecule has 0 fully saturated rings. The lowest BCUT2D eigenvalue weighted by Gasteiger charge is -2.18. The molecular weight excluding hydrogens is 329 g/mol. The molecule has 0 unspecified atom stereocenters. The molecule has 4 nitrogen and oxygen atoms in total. The van der Waals surface area contributed by atoms with Crippen LogP contribution in [-0.2, 0) is 6.54 Å². The Morgan fingerprint density at radius 3 is 2.42 bits per heavy atom. The van der Waals surface area contributed by atoms with Crippen molar-refractivity contribution in [2.45, 2.75) is 27.3 Å². The van der Waals surface area contributed by atoms with Crippen molar-refractivity contribution in [2.75, 3.05) is 31.5 Å². The van der Waals surface area contributed by atoms with E-state index in [-0.39, 0.29) is 11.7 Å². The second kappa shape index (κ2) is 9.92. The van der Waals surface area contributed by atoms with E-state index in [2.05, 4.69) is 29.4 Å². The van der Waals surface area contributed by atoms with Crippen LogP contribution in [0.2, 0.25) is 0 Å². The lowest BCUT2D eigenvalue weighted by atomic mass is 10.1.